The molecule has 1 heterocycles. The van der Waals surface area contributed by atoms with Gasteiger partial charge in [0.15, 0.2) is 0 Å². The summed E-state index contributed by atoms with van der Waals surface area (Å²) in [7, 11) is 0. The molecule has 0 spiro atoms. The van der Waals surface area contributed by atoms with E-state index in [0.717, 1.165) is 0 Å². The Morgan fingerprint density at radius 2 is 2.38 bits per heavy atom. The molecule has 1 aromatic rings. The van der Waals surface area contributed by atoms with Crippen molar-refractivity contribution in [2.45, 2.75) is 13.0 Å². The van der Waals surface area contributed by atoms with Crippen LogP contribution in [0.5, 0.6) is 0 Å². The first-order valence-electron chi connectivity index (χ1n) is 3.62. The molecule has 0 aliphatic heterocycles. The number of hydrogen-bond donors (Lipinski definition) is 3. The van der Waals surface area contributed by atoms with Crippen molar-refractivity contribution in [3.63, 3.8) is 0 Å². The zero-order chi connectivity index (χ0) is 9.68. The third-order valence-electron chi connectivity index (χ3n) is 1.37. The Hall–Kier alpha value is -2.03. The van der Waals surface area contributed by atoms with Crippen LogP contribution >= 0.6 is 0 Å². The van der Waals surface area contributed by atoms with Gasteiger partial charge in [0.2, 0.25) is 5.91 Å². The first-order valence-corrected chi connectivity index (χ1v) is 3.62. The molecule has 0 saturated heterocycles. The van der Waals surface area contributed by atoms with Crippen LogP contribution in [0.15, 0.2) is 10.9 Å². The Balaban J connectivity index is 2.40. The summed E-state index contributed by atoms with van der Waals surface area (Å²) in [4.78, 5) is 21.4. The van der Waals surface area contributed by atoms with Crippen molar-refractivity contribution >= 4 is 5.91 Å². The van der Waals surface area contributed by atoms with Crippen molar-refractivity contribution in [3.05, 3.63) is 22.1 Å². The number of nitrogens with zero attached hydrogens (tertiary/aromatic N) is 1. The number of nitriles is 1. The Bertz CT molecular complexity index is 384. The highest BCUT2D eigenvalue weighted by molar-refractivity contribution is 5.77. The van der Waals surface area contributed by atoms with Crippen LogP contribution in [0.2, 0.25) is 0 Å². The molecule has 0 aromatic carbocycles. The second kappa shape index (κ2) is 4.11. The van der Waals surface area contributed by atoms with Gasteiger partial charge in [0.05, 0.1) is 18.3 Å². The summed E-state index contributed by atoms with van der Waals surface area (Å²) < 4.78 is 0. The molecule has 13 heavy (non-hydrogen) atoms. The summed E-state index contributed by atoms with van der Waals surface area (Å²) in [6.07, 6.45) is -0.172. The minimum Gasteiger partial charge on any atom is -0.350 e. The molecule has 1 rings (SSSR count). The number of aromatic amines is 2. The third-order valence-corrected chi connectivity index (χ3v) is 1.37. The maximum Gasteiger partial charge on any atom is 0.264 e. The number of rotatable bonds is 3. The molecule has 0 aliphatic rings. The topological polar surface area (TPSA) is 102 Å². The normalized spacial score (nSPS) is 9.15. The maximum atomic E-state index is 10.8. The van der Waals surface area contributed by atoms with Gasteiger partial charge in [-0.1, -0.05) is 0 Å². The van der Waals surface area contributed by atoms with E-state index in [0.29, 0.717) is 5.69 Å². The molecule has 1 aromatic heterocycles. The van der Waals surface area contributed by atoms with Gasteiger partial charge >= 0.3 is 0 Å². The quantitative estimate of drug-likeness (QED) is 0.569. The molecule has 68 valence electrons. The van der Waals surface area contributed by atoms with Crippen molar-refractivity contribution in [2.24, 2.45) is 0 Å². The summed E-state index contributed by atoms with van der Waals surface area (Å²) >= 11 is 0. The maximum absolute atomic E-state index is 10.8. The lowest BCUT2D eigenvalue weighted by Crippen LogP contribution is -2.22. The average molecular weight is 180 g/mol. The van der Waals surface area contributed by atoms with E-state index in [4.69, 9.17) is 5.26 Å². The predicted molar refractivity (Wildman–Crippen MR) is 43.5 cm³/mol. The van der Waals surface area contributed by atoms with Crippen molar-refractivity contribution in [1.82, 2.24) is 15.5 Å². The molecule has 0 unspecified atom stereocenters. The summed E-state index contributed by atoms with van der Waals surface area (Å²) in [5.41, 5.74) is 0.334. The molecule has 0 fully saturated rings. The Labute approximate surface area is 73.6 Å². The predicted octanol–water partition coefficient (Wildman–Crippen LogP) is -0.767. The number of amides is 1. The molecular formula is C7H8N4O2. The summed E-state index contributed by atoms with van der Waals surface area (Å²) in [6.45, 7) is 0.221. The number of H-pyrrole nitrogens is 2. The zero-order valence-electron chi connectivity index (χ0n) is 6.76. The van der Waals surface area contributed by atoms with Crippen LogP contribution < -0.4 is 10.9 Å². The third kappa shape index (κ3) is 2.83. The Morgan fingerprint density at radius 3 is 2.92 bits per heavy atom. The minimum absolute atomic E-state index is 0.172. The second-order valence-electron chi connectivity index (χ2n) is 2.40. The lowest BCUT2D eigenvalue weighted by Gasteiger charge is -1.98. The highest BCUT2D eigenvalue weighted by Gasteiger charge is 2.00. The lowest BCUT2D eigenvalue weighted by atomic mass is 10.4. The van der Waals surface area contributed by atoms with Crippen molar-refractivity contribution < 1.29 is 4.79 Å². The van der Waals surface area contributed by atoms with Gasteiger partial charge in [-0.15, -0.1) is 0 Å². The lowest BCUT2D eigenvalue weighted by molar-refractivity contribution is -0.120. The summed E-state index contributed by atoms with van der Waals surface area (Å²) in [5, 5.41) is 15.5. The van der Waals surface area contributed by atoms with E-state index in [1.165, 1.54) is 6.07 Å². The molecular weight excluding hydrogens is 172 g/mol. The van der Waals surface area contributed by atoms with Crippen molar-refractivity contribution in [1.29, 1.82) is 5.26 Å². The summed E-state index contributed by atoms with van der Waals surface area (Å²) in [5.74, 6) is -0.357. The highest BCUT2D eigenvalue weighted by Crippen LogP contribution is 1.86. The molecule has 0 aliphatic carbocycles. The Morgan fingerprint density at radius 1 is 1.62 bits per heavy atom. The summed E-state index contributed by atoms with van der Waals surface area (Å²) in [6, 6.07) is 3.06. The number of hydrogen-bond acceptors (Lipinski definition) is 3. The average Bonchev–Trinajstić information content (AvgIpc) is 2.49. The second-order valence-corrected chi connectivity index (χ2v) is 2.40. The molecule has 3 N–H and O–H groups in total. The van der Waals surface area contributed by atoms with Crippen LogP contribution in [-0.4, -0.2) is 16.1 Å². The van der Waals surface area contributed by atoms with E-state index in [1.807, 2.05) is 0 Å². The molecule has 0 atom stereocenters. The fourth-order valence-corrected chi connectivity index (χ4v) is 0.796. The van der Waals surface area contributed by atoms with Crippen LogP contribution in [0, 0.1) is 11.3 Å². The monoisotopic (exact) mass is 180 g/mol. The highest BCUT2D eigenvalue weighted by atomic mass is 16.1. The fraction of sp³-hybridized carbons (Fsp3) is 0.286. The zero-order valence-corrected chi connectivity index (χ0v) is 6.76. The van der Waals surface area contributed by atoms with Gasteiger partial charge in [0.25, 0.3) is 5.56 Å². The van der Waals surface area contributed by atoms with Gasteiger partial charge < -0.3 is 10.4 Å². The van der Waals surface area contributed by atoms with Crippen LogP contribution in [0.25, 0.3) is 0 Å². The van der Waals surface area contributed by atoms with E-state index in [-0.39, 0.29) is 24.4 Å². The van der Waals surface area contributed by atoms with Gasteiger partial charge in [-0.2, -0.15) is 5.26 Å². The number of carbonyl (C=O) groups is 1. The minimum atomic E-state index is -0.357. The van der Waals surface area contributed by atoms with Crippen LogP contribution in [-0.2, 0) is 11.3 Å². The van der Waals surface area contributed by atoms with Gasteiger partial charge in [-0.25, -0.2) is 0 Å². The fourth-order valence-electron chi connectivity index (χ4n) is 0.796. The number of nitrogens with one attached hydrogen (secondary N) is 3. The van der Waals surface area contributed by atoms with E-state index in [2.05, 4.69) is 15.5 Å². The number of aromatic nitrogens is 2. The first-order chi connectivity index (χ1) is 6.22. The van der Waals surface area contributed by atoms with Gasteiger partial charge in [-0.05, 0) is 0 Å². The van der Waals surface area contributed by atoms with E-state index in [1.54, 1.807) is 6.07 Å². The van der Waals surface area contributed by atoms with Crippen molar-refractivity contribution in [3.8, 4) is 6.07 Å². The molecule has 0 radical (unpaired) electrons. The number of carbonyl (C=O) groups excluding carboxylic acids is 1. The standard InChI is InChI=1S/C7H8N4O2/c8-2-1-6(12)9-4-5-3-7(13)11-10-5/h3H,1,4H2,(H,9,12)(H2,10,11,13). The van der Waals surface area contributed by atoms with Crippen molar-refractivity contribution in [2.75, 3.05) is 0 Å². The first kappa shape index (κ1) is 9.06. The van der Waals surface area contributed by atoms with E-state index < -0.39 is 0 Å². The van der Waals surface area contributed by atoms with Crippen LogP contribution in [0.1, 0.15) is 12.1 Å². The van der Waals surface area contributed by atoms with E-state index in [9.17, 15) is 9.59 Å². The Kier molecular flexibility index (Phi) is 2.87. The van der Waals surface area contributed by atoms with E-state index >= 15 is 0 Å². The van der Waals surface area contributed by atoms with Gasteiger partial charge in [-0.3, -0.25) is 14.7 Å². The molecule has 6 nitrogen and oxygen atoms in total. The van der Waals surface area contributed by atoms with Gasteiger partial charge in [0, 0.05) is 6.07 Å². The van der Waals surface area contributed by atoms with Crippen LogP contribution in [0.3, 0.4) is 0 Å². The molecule has 0 bridgehead atoms. The molecule has 0 saturated carbocycles. The largest absolute Gasteiger partial charge is 0.350 e. The van der Waals surface area contributed by atoms with Crippen LogP contribution in [0.4, 0.5) is 0 Å². The van der Waals surface area contributed by atoms with Gasteiger partial charge in [0.1, 0.15) is 6.42 Å². The molecule has 1 amide bonds. The molecule has 6 heteroatoms. The SMILES string of the molecule is N#CCC(=O)NCc1cc(=O)[nH][nH]1. The smallest absolute Gasteiger partial charge is 0.264 e.